The Labute approximate surface area is 129 Å². The number of carbonyl (C=O) groups excluding carboxylic acids is 2. The lowest BCUT2D eigenvalue weighted by atomic mass is 10.0. The van der Waals surface area contributed by atoms with Gasteiger partial charge in [0, 0.05) is 12.5 Å². The Morgan fingerprint density at radius 1 is 1.27 bits per heavy atom. The summed E-state index contributed by atoms with van der Waals surface area (Å²) < 4.78 is 0. The topological polar surface area (TPSA) is 125 Å². The second-order valence-corrected chi connectivity index (χ2v) is 5.25. The summed E-state index contributed by atoms with van der Waals surface area (Å²) in [4.78, 5) is 23.2. The van der Waals surface area contributed by atoms with E-state index in [0.29, 0.717) is 6.42 Å². The van der Waals surface area contributed by atoms with Crippen LogP contribution >= 0.6 is 0 Å². The van der Waals surface area contributed by atoms with Gasteiger partial charge in [0.15, 0.2) is 0 Å². The van der Waals surface area contributed by atoms with E-state index < -0.39 is 24.0 Å². The van der Waals surface area contributed by atoms with Crippen LogP contribution < -0.4 is 16.5 Å². The molecule has 1 aromatic carbocycles. The molecule has 7 heteroatoms. The highest BCUT2D eigenvalue weighted by molar-refractivity contribution is 5.87. The summed E-state index contributed by atoms with van der Waals surface area (Å²) in [7, 11) is 0. The Morgan fingerprint density at radius 2 is 1.91 bits per heavy atom. The SMILES string of the molecule is C[C@@H](O)[C@H](NC(=O)C[C@@H](N)CCc1ccccc1)C(=O)NO. The quantitative estimate of drug-likeness (QED) is 0.333. The first-order valence-corrected chi connectivity index (χ1v) is 7.15. The molecule has 0 aliphatic carbocycles. The molecule has 3 atom stereocenters. The molecule has 0 bridgehead atoms. The number of hydrogen-bond donors (Lipinski definition) is 5. The number of nitrogens with one attached hydrogen (secondary N) is 2. The van der Waals surface area contributed by atoms with Crippen molar-refractivity contribution in [2.75, 3.05) is 0 Å². The van der Waals surface area contributed by atoms with Gasteiger partial charge in [-0.1, -0.05) is 30.3 Å². The number of hydrogen-bond acceptors (Lipinski definition) is 5. The highest BCUT2D eigenvalue weighted by atomic mass is 16.5. The van der Waals surface area contributed by atoms with E-state index >= 15 is 0 Å². The molecule has 0 unspecified atom stereocenters. The molecular formula is C15H23N3O4. The van der Waals surface area contributed by atoms with Crippen LogP contribution in [-0.2, 0) is 16.0 Å². The van der Waals surface area contributed by atoms with Gasteiger partial charge in [-0.3, -0.25) is 14.8 Å². The summed E-state index contributed by atoms with van der Waals surface area (Å²) in [6, 6.07) is 8.22. The first-order valence-electron chi connectivity index (χ1n) is 7.15. The fraction of sp³-hybridized carbons (Fsp3) is 0.467. The third-order valence-corrected chi connectivity index (χ3v) is 3.29. The van der Waals surface area contributed by atoms with Crippen molar-refractivity contribution in [1.82, 2.24) is 10.8 Å². The highest BCUT2D eigenvalue weighted by Gasteiger charge is 2.25. The van der Waals surface area contributed by atoms with Crippen molar-refractivity contribution < 1.29 is 19.9 Å². The van der Waals surface area contributed by atoms with E-state index in [1.165, 1.54) is 12.4 Å². The van der Waals surface area contributed by atoms with Crippen LogP contribution in [0, 0.1) is 0 Å². The van der Waals surface area contributed by atoms with Crippen LogP contribution in [0.2, 0.25) is 0 Å². The summed E-state index contributed by atoms with van der Waals surface area (Å²) in [5, 5.41) is 20.4. The van der Waals surface area contributed by atoms with Crippen molar-refractivity contribution in [3.8, 4) is 0 Å². The van der Waals surface area contributed by atoms with Gasteiger partial charge in [0.05, 0.1) is 6.10 Å². The number of rotatable bonds is 8. The minimum absolute atomic E-state index is 0.0365. The third-order valence-electron chi connectivity index (χ3n) is 3.29. The molecule has 0 aromatic heterocycles. The largest absolute Gasteiger partial charge is 0.391 e. The predicted octanol–water partition coefficient (Wildman–Crippen LogP) is -0.292. The molecule has 0 fully saturated rings. The monoisotopic (exact) mass is 309 g/mol. The second kappa shape index (κ2) is 9.14. The average molecular weight is 309 g/mol. The molecule has 7 nitrogen and oxygen atoms in total. The first kappa shape index (κ1) is 18.1. The molecule has 0 radical (unpaired) electrons. The molecule has 122 valence electrons. The Balaban J connectivity index is 2.41. The van der Waals surface area contributed by atoms with E-state index in [9.17, 15) is 14.7 Å². The van der Waals surface area contributed by atoms with E-state index in [-0.39, 0.29) is 12.5 Å². The molecule has 6 N–H and O–H groups in total. The van der Waals surface area contributed by atoms with Gasteiger partial charge in [-0.25, -0.2) is 5.48 Å². The lowest BCUT2D eigenvalue weighted by molar-refractivity contribution is -0.137. The molecule has 0 heterocycles. The van der Waals surface area contributed by atoms with E-state index in [1.54, 1.807) is 0 Å². The van der Waals surface area contributed by atoms with E-state index in [1.807, 2.05) is 30.3 Å². The van der Waals surface area contributed by atoms with Crippen LogP contribution in [0.1, 0.15) is 25.3 Å². The molecule has 22 heavy (non-hydrogen) atoms. The summed E-state index contributed by atoms with van der Waals surface area (Å²) in [5.74, 6) is -1.32. The number of carbonyl (C=O) groups is 2. The van der Waals surface area contributed by atoms with Gasteiger partial charge in [0.2, 0.25) is 5.91 Å². The average Bonchev–Trinajstić information content (AvgIpc) is 2.50. The maximum atomic E-state index is 11.8. The van der Waals surface area contributed by atoms with Gasteiger partial charge in [-0.05, 0) is 25.3 Å². The summed E-state index contributed by atoms with van der Waals surface area (Å²) in [5.41, 5.74) is 8.46. The van der Waals surface area contributed by atoms with Gasteiger partial charge in [0.1, 0.15) is 6.04 Å². The van der Waals surface area contributed by atoms with Crippen LogP contribution in [0.25, 0.3) is 0 Å². The lowest BCUT2D eigenvalue weighted by Gasteiger charge is -2.20. The zero-order chi connectivity index (χ0) is 16.5. The van der Waals surface area contributed by atoms with Crippen molar-refractivity contribution >= 4 is 11.8 Å². The van der Waals surface area contributed by atoms with Crippen LogP contribution in [0.4, 0.5) is 0 Å². The summed E-state index contributed by atoms with van der Waals surface area (Å²) in [6.45, 7) is 1.34. The number of aliphatic hydroxyl groups excluding tert-OH is 1. The molecule has 0 saturated heterocycles. The first-order chi connectivity index (χ1) is 10.4. The van der Waals surface area contributed by atoms with Crippen molar-refractivity contribution in [3.05, 3.63) is 35.9 Å². The predicted molar refractivity (Wildman–Crippen MR) is 80.9 cm³/mol. The van der Waals surface area contributed by atoms with Crippen molar-refractivity contribution in [3.63, 3.8) is 0 Å². The zero-order valence-electron chi connectivity index (χ0n) is 12.5. The molecule has 0 spiro atoms. The van der Waals surface area contributed by atoms with Crippen LogP contribution in [0.15, 0.2) is 30.3 Å². The molecule has 2 amide bonds. The molecule has 1 rings (SSSR count). The minimum atomic E-state index is -1.21. The minimum Gasteiger partial charge on any atom is -0.391 e. The number of nitrogens with two attached hydrogens (primary N) is 1. The van der Waals surface area contributed by atoms with Crippen molar-refractivity contribution in [1.29, 1.82) is 0 Å². The Kier molecular flexibility index (Phi) is 7.51. The Bertz CT molecular complexity index is 479. The number of hydroxylamine groups is 1. The van der Waals surface area contributed by atoms with Crippen LogP contribution in [0.5, 0.6) is 0 Å². The van der Waals surface area contributed by atoms with Gasteiger partial charge >= 0.3 is 0 Å². The van der Waals surface area contributed by atoms with Crippen LogP contribution in [-0.4, -0.2) is 40.3 Å². The number of amides is 2. The molecule has 0 saturated carbocycles. The normalized spacial score (nSPS) is 14.7. The number of benzene rings is 1. The number of aryl methyl sites for hydroxylation is 1. The maximum Gasteiger partial charge on any atom is 0.268 e. The number of aliphatic hydroxyl groups is 1. The van der Waals surface area contributed by atoms with Gasteiger partial charge in [-0.2, -0.15) is 0 Å². The molecule has 1 aromatic rings. The summed E-state index contributed by atoms with van der Waals surface area (Å²) in [6.07, 6.45) is 0.293. The molecule has 0 aliphatic heterocycles. The van der Waals surface area contributed by atoms with E-state index in [2.05, 4.69) is 5.32 Å². The van der Waals surface area contributed by atoms with Crippen molar-refractivity contribution in [2.24, 2.45) is 5.73 Å². The van der Waals surface area contributed by atoms with Gasteiger partial charge in [0.25, 0.3) is 5.91 Å². The Morgan fingerprint density at radius 3 is 2.45 bits per heavy atom. The maximum absolute atomic E-state index is 11.8. The molecule has 0 aliphatic rings. The van der Waals surface area contributed by atoms with Gasteiger partial charge in [-0.15, -0.1) is 0 Å². The third kappa shape index (κ3) is 6.21. The fourth-order valence-electron chi connectivity index (χ4n) is 2.04. The van der Waals surface area contributed by atoms with E-state index in [0.717, 1.165) is 12.0 Å². The standard InChI is InChI=1S/C15H23N3O4/c1-10(19)14(15(21)18-22)17-13(20)9-12(16)8-7-11-5-3-2-4-6-11/h2-6,10,12,14,19,22H,7-9,16H2,1H3,(H,17,20)(H,18,21)/t10-,12+,14+/m1/s1. The second-order valence-electron chi connectivity index (χ2n) is 5.25. The van der Waals surface area contributed by atoms with Crippen LogP contribution in [0.3, 0.4) is 0 Å². The Hall–Kier alpha value is -1.96. The highest BCUT2D eigenvalue weighted by Crippen LogP contribution is 2.06. The van der Waals surface area contributed by atoms with E-state index in [4.69, 9.17) is 10.9 Å². The molecular weight excluding hydrogens is 286 g/mol. The fourth-order valence-corrected chi connectivity index (χ4v) is 2.04. The lowest BCUT2D eigenvalue weighted by Crippen LogP contribution is -2.52. The van der Waals surface area contributed by atoms with Gasteiger partial charge < -0.3 is 16.2 Å². The summed E-state index contributed by atoms with van der Waals surface area (Å²) >= 11 is 0. The zero-order valence-corrected chi connectivity index (χ0v) is 12.5. The van der Waals surface area contributed by atoms with Crippen molar-refractivity contribution in [2.45, 2.75) is 44.4 Å². The smallest absolute Gasteiger partial charge is 0.268 e.